The van der Waals surface area contributed by atoms with E-state index in [2.05, 4.69) is 0 Å². The Labute approximate surface area is 107 Å². The number of phenolic OH excluding ortho intramolecular Hbond substituents is 1. The van der Waals surface area contributed by atoms with Crippen LogP contribution in [0.4, 0.5) is 0 Å². The molecular formula is C15H18O3. The lowest BCUT2D eigenvalue weighted by Crippen LogP contribution is -2.05. The van der Waals surface area contributed by atoms with Gasteiger partial charge < -0.3 is 9.84 Å². The molecule has 0 atom stereocenters. The highest BCUT2D eigenvalue weighted by Gasteiger charge is 2.16. The van der Waals surface area contributed by atoms with Gasteiger partial charge in [0.1, 0.15) is 5.75 Å². The van der Waals surface area contributed by atoms with Crippen LogP contribution in [0.25, 0.3) is 5.57 Å². The predicted molar refractivity (Wildman–Crippen MR) is 70.3 cm³/mol. The van der Waals surface area contributed by atoms with Crippen LogP contribution in [0.5, 0.6) is 5.75 Å². The molecule has 3 nitrogen and oxygen atoms in total. The van der Waals surface area contributed by atoms with Crippen molar-refractivity contribution in [3.63, 3.8) is 0 Å². The molecule has 0 fully saturated rings. The van der Waals surface area contributed by atoms with Crippen molar-refractivity contribution in [2.75, 3.05) is 6.61 Å². The summed E-state index contributed by atoms with van der Waals surface area (Å²) in [7, 11) is 0. The van der Waals surface area contributed by atoms with Crippen molar-refractivity contribution in [1.29, 1.82) is 0 Å². The normalized spacial score (nSPS) is 16.4. The van der Waals surface area contributed by atoms with Gasteiger partial charge in [-0.2, -0.15) is 0 Å². The molecule has 0 spiro atoms. The minimum Gasteiger partial charge on any atom is -0.508 e. The molecule has 0 amide bonds. The maximum absolute atomic E-state index is 11.3. The molecule has 0 saturated carbocycles. The fraction of sp³-hybridized carbons (Fsp3) is 0.400. The van der Waals surface area contributed by atoms with Crippen molar-refractivity contribution in [2.45, 2.75) is 32.6 Å². The SMILES string of the molecule is CCOC(=O)C/C=C1\CCCc2c(O)cccc21. The minimum atomic E-state index is -0.197. The number of esters is 1. The highest BCUT2D eigenvalue weighted by molar-refractivity contribution is 5.77. The number of hydrogen-bond acceptors (Lipinski definition) is 3. The summed E-state index contributed by atoms with van der Waals surface area (Å²) in [6.45, 7) is 2.22. The Balaban J connectivity index is 2.20. The Kier molecular flexibility index (Phi) is 4.03. The number of hydrogen-bond donors (Lipinski definition) is 1. The molecule has 0 saturated heterocycles. The van der Waals surface area contributed by atoms with E-state index in [4.69, 9.17) is 4.74 Å². The number of phenols is 1. The third-order valence-corrected chi connectivity index (χ3v) is 3.19. The highest BCUT2D eigenvalue weighted by atomic mass is 16.5. The summed E-state index contributed by atoms with van der Waals surface area (Å²) in [4.78, 5) is 11.3. The quantitative estimate of drug-likeness (QED) is 0.834. The van der Waals surface area contributed by atoms with Gasteiger partial charge in [0, 0.05) is 5.56 Å². The van der Waals surface area contributed by atoms with E-state index in [0.29, 0.717) is 18.8 Å². The van der Waals surface area contributed by atoms with Gasteiger partial charge in [0.25, 0.3) is 0 Å². The predicted octanol–water partition coefficient (Wildman–Crippen LogP) is 3.07. The molecular weight excluding hydrogens is 228 g/mol. The van der Waals surface area contributed by atoms with Crippen LogP contribution in [0, 0.1) is 0 Å². The summed E-state index contributed by atoms with van der Waals surface area (Å²) in [5.41, 5.74) is 3.21. The number of rotatable bonds is 3. The highest BCUT2D eigenvalue weighted by Crippen LogP contribution is 2.35. The zero-order chi connectivity index (χ0) is 13.0. The van der Waals surface area contributed by atoms with Crippen LogP contribution in [-0.2, 0) is 16.0 Å². The van der Waals surface area contributed by atoms with Gasteiger partial charge in [0.15, 0.2) is 0 Å². The molecule has 0 aliphatic heterocycles. The van der Waals surface area contributed by atoms with Gasteiger partial charge in [-0.15, -0.1) is 0 Å². The van der Waals surface area contributed by atoms with Crippen molar-refractivity contribution in [3.05, 3.63) is 35.4 Å². The smallest absolute Gasteiger partial charge is 0.309 e. The number of benzene rings is 1. The number of ether oxygens (including phenoxy) is 1. The van der Waals surface area contributed by atoms with Crippen LogP contribution in [0.15, 0.2) is 24.3 Å². The maximum Gasteiger partial charge on any atom is 0.309 e. The molecule has 0 bridgehead atoms. The first-order chi connectivity index (χ1) is 8.72. The first-order valence-electron chi connectivity index (χ1n) is 6.38. The lowest BCUT2D eigenvalue weighted by molar-refractivity contribution is -0.142. The third kappa shape index (κ3) is 2.73. The van der Waals surface area contributed by atoms with Crippen LogP contribution >= 0.6 is 0 Å². The molecule has 0 unspecified atom stereocenters. The van der Waals surface area contributed by atoms with E-state index in [1.165, 1.54) is 0 Å². The zero-order valence-corrected chi connectivity index (χ0v) is 10.6. The summed E-state index contributed by atoms with van der Waals surface area (Å²) in [5, 5.41) is 9.82. The van der Waals surface area contributed by atoms with Crippen molar-refractivity contribution >= 4 is 11.5 Å². The summed E-state index contributed by atoms with van der Waals surface area (Å²) in [6, 6.07) is 5.57. The Bertz CT molecular complexity index is 475. The van der Waals surface area contributed by atoms with E-state index in [9.17, 15) is 9.90 Å². The number of aromatic hydroxyl groups is 1. The molecule has 1 aromatic carbocycles. The molecule has 2 rings (SSSR count). The van der Waals surface area contributed by atoms with Gasteiger partial charge in [-0.25, -0.2) is 0 Å². The molecule has 18 heavy (non-hydrogen) atoms. The average Bonchev–Trinajstić information content (AvgIpc) is 2.37. The van der Waals surface area contributed by atoms with Gasteiger partial charge in [-0.05, 0) is 43.4 Å². The Morgan fingerprint density at radius 2 is 2.28 bits per heavy atom. The van der Waals surface area contributed by atoms with Gasteiger partial charge in [-0.1, -0.05) is 18.2 Å². The molecule has 96 valence electrons. The van der Waals surface area contributed by atoms with Gasteiger partial charge in [0.2, 0.25) is 0 Å². The van der Waals surface area contributed by atoms with Crippen molar-refractivity contribution in [1.82, 2.24) is 0 Å². The molecule has 3 heteroatoms. The maximum atomic E-state index is 11.3. The Morgan fingerprint density at radius 1 is 1.44 bits per heavy atom. The molecule has 0 aromatic heterocycles. The average molecular weight is 246 g/mol. The summed E-state index contributed by atoms with van der Waals surface area (Å²) < 4.78 is 4.91. The van der Waals surface area contributed by atoms with Crippen molar-refractivity contribution < 1.29 is 14.6 Å². The number of carbonyl (C=O) groups is 1. The van der Waals surface area contributed by atoms with Gasteiger partial charge in [0.05, 0.1) is 13.0 Å². The Hall–Kier alpha value is -1.77. The fourth-order valence-electron chi connectivity index (χ4n) is 2.37. The van der Waals surface area contributed by atoms with E-state index in [-0.39, 0.29) is 5.97 Å². The molecule has 1 aliphatic carbocycles. The van der Waals surface area contributed by atoms with E-state index in [1.54, 1.807) is 13.0 Å². The number of carbonyl (C=O) groups excluding carboxylic acids is 1. The number of allylic oxidation sites excluding steroid dienone is 1. The third-order valence-electron chi connectivity index (χ3n) is 3.19. The van der Waals surface area contributed by atoms with Crippen LogP contribution in [0.2, 0.25) is 0 Å². The second kappa shape index (κ2) is 5.71. The van der Waals surface area contributed by atoms with Crippen molar-refractivity contribution in [2.24, 2.45) is 0 Å². The van der Waals surface area contributed by atoms with Crippen LogP contribution in [-0.4, -0.2) is 17.7 Å². The number of fused-ring (bicyclic) bond motifs is 1. The lowest BCUT2D eigenvalue weighted by Gasteiger charge is -2.19. The van der Waals surface area contributed by atoms with E-state index in [0.717, 1.165) is 36.0 Å². The van der Waals surface area contributed by atoms with E-state index >= 15 is 0 Å². The molecule has 0 radical (unpaired) electrons. The lowest BCUT2D eigenvalue weighted by atomic mass is 9.86. The largest absolute Gasteiger partial charge is 0.508 e. The van der Waals surface area contributed by atoms with Crippen molar-refractivity contribution in [3.8, 4) is 5.75 Å². The first kappa shape index (κ1) is 12.7. The summed E-state index contributed by atoms with van der Waals surface area (Å²) >= 11 is 0. The first-order valence-corrected chi connectivity index (χ1v) is 6.38. The topological polar surface area (TPSA) is 46.5 Å². The fourth-order valence-corrected chi connectivity index (χ4v) is 2.37. The molecule has 0 heterocycles. The van der Waals surface area contributed by atoms with E-state index in [1.807, 2.05) is 18.2 Å². The van der Waals surface area contributed by atoms with Gasteiger partial charge in [-0.3, -0.25) is 4.79 Å². The van der Waals surface area contributed by atoms with Crippen LogP contribution in [0.1, 0.15) is 37.3 Å². The molecule has 1 aromatic rings. The monoisotopic (exact) mass is 246 g/mol. The Morgan fingerprint density at radius 3 is 3.06 bits per heavy atom. The minimum absolute atomic E-state index is 0.197. The molecule has 1 aliphatic rings. The molecule has 1 N–H and O–H groups in total. The summed E-state index contributed by atoms with van der Waals surface area (Å²) in [5.74, 6) is 0.159. The van der Waals surface area contributed by atoms with Crippen LogP contribution < -0.4 is 0 Å². The van der Waals surface area contributed by atoms with Crippen LogP contribution in [0.3, 0.4) is 0 Å². The van der Waals surface area contributed by atoms with E-state index < -0.39 is 0 Å². The van der Waals surface area contributed by atoms with Gasteiger partial charge >= 0.3 is 5.97 Å². The summed E-state index contributed by atoms with van der Waals surface area (Å²) in [6.07, 6.45) is 5.10. The second-order valence-electron chi connectivity index (χ2n) is 4.40. The second-order valence-corrected chi connectivity index (χ2v) is 4.40. The zero-order valence-electron chi connectivity index (χ0n) is 10.6. The standard InChI is InChI=1S/C15H18O3/c1-2-18-15(17)10-9-11-5-3-7-13-12(11)6-4-8-14(13)16/h4,6,8-9,16H,2-3,5,7,10H2,1H3/b11-9+.